The van der Waals surface area contributed by atoms with Gasteiger partial charge >= 0.3 is 0 Å². The Labute approximate surface area is 158 Å². The molecule has 2 aliphatic rings. The van der Waals surface area contributed by atoms with Crippen molar-refractivity contribution in [2.75, 3.05) is 11.9 Å². The maximum absolute atomic E-state index is 15.4. The summed E-state index contributed by atoms with van der Waals surface area (Å²) in [6, 6.07) is 1.54. The number of aryl methyl sites for hydroxylation is 1. The van der Waals surface area contributed by atoms with E-state index in [0.717, 1.165) is 16.8 Å². The first kappa shape index (κ1) is 16.2. The zero-order valence-corrected chi connectivity index (χ0v) is 14.8. The summed E-state index contributed by atoms with van der Waals surface area (Å²) in [6.45, 7) is 0.583. The molecular formula is C18H14ClFN6O. The molecule has 27 heavy (non-hydrogen) atoms. The molecular weight excluding hydrogens is 371 g/mol. The molecule has 1 aliphatic carbocycles. The first-order valence-corrected chi connectivity index (χ1v) is 8.94. The summed E-state index contributed by atoms with van der Waals surface area (Å²) in [4.78, 5) is 19.8. The van der Waals surface area contributed by atoms with Gasteiger partial charge in [-0.2, -0.15) is 5.10 Å². The van der Waals surface area contributed by atoms with Crippen molar-refractivity contribution in [1.82, 2.24) is 25.5 Å². The number of carbonyl (C=O) groups excluding carboxylic acids is 1. The maximum atomic E-state index is 15.4. The number of H-pyrrole nitrogens is 1. The molecule has 3 aromatic rings. The highest BCUT2D eigenvalue weighted by Crippen LogP contribution is 2.40. The molecule has 0 fully saturated rings. The quantitative estimate of drug-likeness (QED) is 0.631. The number of pyridine rings is 1. The molecule has 136 valence electrons. The van der Waals surface area contributed by atoms with E-state index in [9.17, 15) is 4.79 Å². The van der Waals surface area contributed by atoms with Gasteiger partial charge in [0, 0.05) is 36.5 Å². The first-order chi connectivity index (χ1) is 13.1. The molecule has 9 heteroatoms. The van der Waals surface area contributed by atoms with E-state index in [1.807, 2.05) is 0 Å². The number of amides is 1. The molecule has 4 heterocycles. The van der Waals surface area contributed by atoms with Crippen LogP contribution in [0.4, 0.5) is 15.9 Å². The van der Waals surface area contributed by atoms with Crippen molar-refractivity contribution in [3.8, 4) is 11.3 Å². The third-order valence-electron chi connectivity index (χ3n) is 4.95. The number of carbonyl (C=O) groups is 1. The Kier molecular flexibility index (Phi) is 3.61. The SMILES string of the molecule is O=C1NCCc2[nH]c3c(c21)CCc1cnc(Nc2cnnc(Cl)c2)c(F)c1-3. The fourth-order valence-electron chi connectivity index (χ4n) is 3.79. The molecule has 0 radical (unpaired) electrons. The average molecular weight is 385 g/mol. The largest absolute Gasteiger partial charge is 0.357 e. The molecule has 0 bridgehead atoms. The molecule has 3 N–H and O–H groups in total. The second-order valence-electron chi connectivity index (χ2n) is 6.55. The van der Waals surface area contributed by atoms with Gasteiger partial charge in [0.2, 0.25) is 0 Å². The van der Waals surface area contributed by atoms with Crippen molar-refractivity contribution in [3.63, 3.8) is 0 Å². The number of aromatic amines is 1. The Morgan fingerprint density at radius 3 is 2.93 bits per heavy atom. The second kappa shape index (κ2) is 6.02. The van der Waals surface area contributed by atoms with Gasteiger partial charge in [0.05, 0.1) is 23.1 Å². The lowest BCUT2D eigenvalue weighted by atomic mass is 9.88. The second-order valence-corrected chi connectivity index (χ2v) is 6.94. The molecule has 7 nitrogen and oxygen atoms in total. The number of nitrogens with one attached hydrogen (secondary N) is 3. The van der Waals surface area contributed by atoms with Crippen molar-refractivity contribution in [2.45, 2.75) is 19.3 Å². The number of aromatic nitrogens is 4. The normalized spacial score (nSPS) is 14.8. The summed E-state index contributed by atoms with van der Waals surface area (Å²) in [5.74, 6) is -0.495. The van der Waals surface area contributed by atoms with Crippen LogP contribution in [0.2, 0.25) is 5.15 Å². The third kappa shape index (κ3) is 2.56. The van der Waals surface area contributed by atoms with Crippen LogP contribution in [-0.4, -0.2) is 32.6 Å². The van der Waals surface area contributed by atoms with Gasteiger partial charge < -0.3 is 15.6 Å². The molecule has 1 aliphatic heterocycles. The lowest BCUT2D eigenvalue weighted by molar-refractivity contribution is 0.0945. The molecule has 0 saturated heterocycles. The van der Waals surface area contributed by atoms with Gasteiger partial charge in [-0.3, -0.25) is 4.79 Å². The van der Waals surface area contributed by atoms with Gasteiger partial charge in [0.1, 0.15) is 0 Å². The van der Waals surface area contributed by atoms with E-state index in [1.54, 1.807) is 6.20 Å². The van der Waals surface area contributed by atoms with E-state index < -0.39 is 5.82 Å². The van der Waals surface area contributed by atoms with Gasteiger partial charge in [0.15, 0.2) is 16.8 Å². The molecule has 5 rings (SSSR count). The highest BCUT2D eigenvalue weighted by molar-refractivity contribution is 6.29. The van der Waals surface area contributed by atoms with Gasteiger partial charge in [-0.15, -0.1) is 5.10 Å². The van der Waals surface area contributed by atoms with E-state index in [0.29, 0.717) is 48.3 Å². The van der Waals surface area contributed by atoms with E-state index in [4.69, 9.17) is 11.6 Å². The van der Waals surface area contributed by atoms with Crippen molar-refractivity contribution >= 4 is 29.0 Å². The Morgan fingerprint density at radius 1 is 1.19 bits per heavy atom. The minimum atomic E-state index is -0.472. The smallest absolute Gasteiger partial charge is 0.253 e. The van der Waals surface area contributed by atoms with E-state index >= 15 is 4.39 Å². The average Bonchev–Trinajstić information content (AvgIpc) is 3.04. The fraction of sp³-hybridized carbons (Fsp3) is 0.222. The summed E-state index contributed by atoms with van der Waals surface area (Å²) in [7, 11) is 0. The van der Waals surface area contributed by atoms with E-state index in [2.05, 4.69) is 30.8 Å². The van der Waals surface area contributed by atoms with Crippen LogP contribution in [0.5, 0.6) is 0 Å². The molecule has 3 aromatic heterocycles. The van der Waals surface area contributed by atoms with Crippen LogP contribution in [-0.2, 0) is 19.3 Å². The number of rotatable bonds is 2. The first-order valence-electron chi connectivity index (χ1n) is 8.56. The van der Waals surface area contributed by atoms with E-state index in [-0.39, 0.29) is 16.9 Å². The lowest BCUT2D eigenvalue weighted by Gasteiger charge is -2.19. The highest BCUT2D eigenvalue weighted by atomic mass is 35.5. The Bertz CT molecular complexity index is 1100. The van der Waals surface area contributed by atoms with Crippen LogP contribution in [0.1, 0.15) is 27.2 Å². The standard InChI is InChI=1S/C18H14ClFN6O/c19-12-5-9(7-23-26-12)24-17-15(20)13-8(6-22-17)1-2-10-14-11(25-16(10)13)3-4-21-18(14)27/h5-7,25H,1-4H2,(H,21,27)(H,22,24,26). The third-order valence-corrected chi connectivity index (χ3v) is 5.13. The van der Waals surface area contributed by atoms with Gasteiger partial charge in [-0.1, -0.05) is 11.6 Å². The van der Waals surface area contributed by atoms with E-state index in [1.165, 1.54) is 12.3 Å². The van der Waals surface area contributed by atoms with Crippen molar-refractivity contribution in [3.05, 3.63) is 51.8 Å². The summed E-state index contributed by atoms with van der Waals surface area (Å²) in [5, 5.41) is 13.4. The predicted octanol–water partition coefficient (Wildman–Crippen LogP) is 2.79. The fourth-order valence-corrected chi connectivity index (χ4v) is 3.95. The molecule has 0 spiro atoms. The number of fused-ring (bicyclic) bond motifs is 5. The topological polar surface area (TPSA) is 95.6 Å². The van der Waals surface area contributed by atoms with Crippen LogP contribution in [0.3, 0.4) is 0 Å². The molecule has 0 atom stereocenters. The predicted molar refractivity (Wildman–Crippen MR) is 97.8 cm³/mol. The minimum absolute atomic E-state index is 0.0719. The maximum Gasteiger partial charge on any atom is 0.253 e. The Morgan fingerprint density at radius 2 is 2.07 bits per heavy atom. The Hall–Kier alpha value is -3.00. The van der Waals surface area contributed by atoms with Crippen LogP contribution in [0.25, 0.3) is 11.3 Å². The number of halogens is 2. The van der Waals surface area contributed by atoms with Crippen molar-refractivity contribution < 1.29 is 9.18 Å². The van der Waals surface area contributed by atoms with Crippen molar-refractivity contribution in [2.24, 2.45) is 0 Å². The zero-order valence-electron chi connectivity index (χ0n) is 14.1. The zero-order chi connectivity index (χ0) is 18.5. The Balaban J connectivity index is 1.62. The monoisotopic (exact) mass is 384 g/mol. The van der Waals surface area contributed by atoms with Gasteiger partial charge in [-0.05, 0) is 24.0 Å². The number of hydrogen-bond acceptors (Lipinski definition) is 5. The highest BCUT2D eigenvalue weighted by Gasteiger charge is 2.32. The molecule has 0 saturated carbocycles. The van der Waals surface area contributed by atoms with Crippen LogP contribution >= 0.6 is 11.6 Å². The summed E-state index contributed by atoms with van der Waals surface area (Å²) >= 11 is 5.83. The molecule has 0 aromatic carbocycles. The lowest BCUT2D eigenvalue weighted by Crippen LogP contribution is -2.32. The number of anilines is 2. The van der Waals surface area contributed by atoms with Gasteiger partial charge in [-0.25, -0.2) is 9.37 Å². The summed E-state index contributed by atoms with van der Waals surface area (Å²) < 4.78 is 15.4. The molecule has 0 unspecified atom stereocenters. The van der Waals surface area contributed by atoms with Crippen LogP contribution in [0.15, 0.2) is 18.5 Å². The van der Waals surface area contributed by atoms with Crippen LogP contribution in [0, 0.1) is 5.82 Å². The van der Waals surface area contributed by atoms with Crippen molar-refractivity contribution in [1.29, 1.82) is 0 Å². The van der Waals surface area contributed by atoms with Gasteiger partial charge in [0.25, 0.3) is 5.91 Å². The minimum Gasteiger partial charge on any atom is -0.357 e. The summed E-state index contributed by atoms with van der Waals surface area (Å²) in [6.07, 6.45) is 5.13. The summed E-state index contributed by atoms with van der Waals surface area (Å²) in [5.41, 5.74) is 4.85. The van der Waals surface area contributed by atoms with Crippen LogP contribution < -0.4 is 10.6 Å². The number of nitrogens with zero attached hydrogens (tertiary/aromatic N) is 3. The molecule has 1 amide bonds. The number of hydrogen-bond donors (Lipinski definition) is 3.